The molecule has 2 aromatic rings. The first kappa shape index (κ1) is 19.5. The van der Waals surface area contributed by atoms with E-state index in [1.165, 1.54) is 14.2 Å². The first-order chi connectivity index (χ1) is 11.7. The number of hydrogen-bond donors (Lipinski definition) is 1. The van der Waals surface area contributed by atoms with Crippen LogP contribution in [0.25, 0.3) is 5.65 Å². The standard InChI is InChI=1S/C15H17ClF3N3O3/c1-4-10-12(14(23)20-6-11(24-2)25-3)22-7-8(15(17,18)19)5-9(16)13(22)21-10/h5,7,11H,4,6H2,1-3H3,(H,20,23). The summed E-state index contributed by atoms with van der Waals surface area (Å²) in [5, 5.41) is 2.37. The number of nitrogens with zero attached hydrogens (tertiary/aromatic N) is 2. The minimum atomic E-state index is -4.60. The van der Waals surface area contributed by atoms with Crippen LogP contribution >= 0.6 is 11.6 Å². The number of rotatable bonds is 6. The van der Waals surface area contributed by atoms with Crippen molar-refractivity contribution in [2.45, 2.75) is 25.8 Å². The third-order valence-corrected chi connectivity index (χ3v) is 3.86. The van der Waals surface area contributed by atoms with Crippen molar-refractivity contribution < 1.29 is 27.4 Å². The average Bonchev–Trinajstić information content (AvgIpc) is 2.94. The number of halogens is 4. The van der Waals surface area contributed by atoms with Gasteiger partial charge >= 0.3 is 6.18 Å². The second kappa shape index (κ2) is 7.59. The second-order valence-corrected chi connectivity index (χ2v) is 5.55. The molecule has 1 amide bonds. The van der Waals surface area contributed by atoms with E-state index < -0.39 is 23.9 Å². The van der Waals surface area contributed by atoms with Gasteiger partial charge in [0.1, 0.15) is 5.69 Å². The van der Waals surface area contributed by atoms with Gasteiger partial charge in [-0.15, -0.1) is 0 Å². The number of imidazole rings is 1. The van der Waals surface area contributed by atoms with Crippen molar-refractivity contribution in [1.29, 1.82) is 0 Å². The van der Waals surface area contributed by atoms with Crippen LogP contribution in [0.1, 0.15) is 28.7 Å². The number of ether oxygens (including phenoxy) is 2. The molecule has 0 aliphatic carbocycles. The third-order valence-electron chi connectivity index (χ3n) is 3.58. The fourth-order valence-electron chi connectivity index (χ4n) is 2.32. The van der Waals surface area contributed by atoms with Crippen molar-refractivity contribution in [3.63, 3.8) is 0 Å². The Bertz CT molecular complexity index is 773. The number of nitrogens with one attached hydrogen (secondary N) is 1. The summed E-state index contributed by atoms with van der Waals surface area (Å²) in [5.41, 5.74) is -0.543. The molecule has 0 bridgehead atoms. The lowest BCUT2D eigenvalue weighted by atomic mass is 10.2. The molecule has 138 valence electrons. The van der Waals surface area contributed by atoms with Crippen LogP contribution in [0, 0.1) is 0 Å². The molecule has 2 heterocycles. The van der Waals surface area contributed by atoms with Crippen LogP contribution in [-0.4, -0.2) is 42.3 Å². The Labute approximate surface area is 146 Å². The van der Waals surface area contributed by atoms with E-state index in [2.05, 4.69) is 10.3 Å². The normalized spacial score (nSPS) is 12.2. The van der Waals surface area contributed by atoms with Gasteiger partial charge in [-0.05, 0) is 12.5 Å². The molecular weight excluding hydrogens is 363 g/mol. The predicted octanol–water partition coefficient (Wildman–Crippen LogP) is 2.92. The summed E-state index contributed by atoms with van der Waals surface area (Å²) >= 11 is 5.93. The molecule has 0 aliphatic rings. The Balaban J connectivity index is 2.50. The zero-order chi connectivity index (χ0) is 18.8. The van der Waals surface area contributed by atoms with Crippen molar-refractivity contribution in [3.8, 4) is 0 Å². The van der Waals surface area contributed by atoms with E-state index in [-0.39, 0.29) is 22.9 Å². The summed E-state index contributed by atoms with van der Waals surface area (Å²) in [4.78, 5) is 16.7. The Kier molecular flexibility index (Phi) is 5.91. The molecular formula is C15H17ClF3N3O3. The number of aryl methyl sites for hydroxylation is 1. The summed E-state index contributed by atoms with van der Waals surface area (Å²) in [6.07, 6.45) is -4.12. The predicted molar refractivity (Wildman–Crippen MR) is 84.7 cm³/mol. The summed E-state index contributed by atoms with van der Waals surface area (Å²) in [6.45, 7) is 1.76. The number of aromatic nitrogens is 2. The van der Waals surface area contributed by atoms with E-state index in [1.807, 2.05) is 0 Å². The van der Waals surface area contributed by atoms with E-state index in [0.29, 0.717) is 12.1 Å². The third kappa shape index (κ3) is 4.05. The van der Waals surface area contributed by atoms with Gasteiger partial charge in [-0.3, -0.25) is 9.20 Å². The molecule has 25 heavy (non-hydrogen) atoms. The number of carbonyl (C=O) groups is 1. The molecule has 0 radical (unpaired) electrons. The van der Waals surface area contributed by atoms with Gasteiger partial charge in [0.25, 0.3) is 5.91 Å². The van der Waals surface area contributed by atoms with Crippen LogP contribution in [0.2, 0.25) is 5.02 Å². The minimum absolute atomic E-state index is 0.00328. The molecule has 10 heteroatoms. The summed E-state index contributed by atoms with van der Waals surface area (Å²) in [7, 11) is 2.81. The van der Waals surface area contributed by atoms with Crippen LogP contribution in [0.4, 0.5) is 13.2 Å². The maximum Gasteiger partial charge on any atom is 0.417 e. The fourth-order valence-corrected chi connectivity index (χ4v) is 2.57. The molecule has 0 unspecified atom stereocenters. The van der Waals surface area contributed by atoms with Gasteiger partial charge in [0.2, 0.25) is 0 Å². The first-order valence-electron chi connectivity index (χ1n) is 7.34. The molecule has 0 spiro atoms. The minimum Gasteiger partial charge on any atom is -0.354 e. The highest BCUT2D eigenvalue weighted by Crippen LogP contribution is 2.33. The maximum absolute atomic E-state index is 13.0. The summed E-state index contributed by atoms with van der Waals surface area (Å²) in [5.74, 6) is -0.598. The smallest absolute Gasteiger partial charge is 0.354 e. The highest BCUT2D eigenvalue weighted by atomic mass is 35.5. The lowest BCUT2D eigenvalue weighted by molar-refractivity contribution is -0.137. The maximum atomic E-state index is 13.0. The zero-order valence-corrected chi connectivity index (χ0v) is 14.5. The summed E-state index contributed by atoms with van der Waals surface area (Å²) < 4.78 is 50.1. The average molecular weight is 380 g/mol. The van der Waals surface area contributed by atoms with Crippen molar-refractivity contribution >= 4 is 23.2 Å². The fraction of sp³-hybridized carbons (Fsp3) is 0.467. The Hall–Kier alpha value is -1.84. The molecule has 1 N–H and O–H groups in total. The quantitative estimate of drug-likeness (QED) is 0.784. The number of alkyl halides is 3. The van der Waals surface area contributed by atoms with E-state index >= 15 is 0 Å². The molecule has 6 nitrogen and oxygen atoms in total. The number of pyridine rings is 1. The second-order valence-electron chi connectivity index (χ2n) is 5.14. The molecule has 0 aliphatic heterocycles. The van der Waals surface area contributed by atoms with Gasteiger partial charge < -0.3 is 14.8 Å². The largest absolute Gasteiger partial charge is 0.417 e. The Morgan fingerprint density at radius 1 is 1.40 bits per heavy atom. The molecule has 0 saturated heterocycles. The monoisotopic (exact) mass is 379 g/mol. The highest BCUT2D eigenvalue weighted by molar-refractivity contribution is 6.33. The number of methoxy groups -OCH3 is 2. The van der Waals surface area contributed by atoms with Crippen LogP contribution in [0.15, 0.2) is 12.3 Å². The van der Waals surface area contributed by atoms with Crippen molar-refractivity contribution in [2.24, 2.45) is 0 Å². The van der Waals surface area contributed by atoms with Gasteiger partial charge in [-0.2, -0.15) is 13.2 Å². The van der Waals surface area contributed by atoms with Gasteiger partial charge in [0, 0.05) is 20.4 Å². The Morgan fingerprint density at radius 2 is 2.04 bits per heavy atom. The molecule has 0 aromatic carbocycles. The lowest BCUT2D eigenvalue weighted by Crippen LogP contribution is -2.35. The lowest BCUT2D eigenvalue weighted by Gasteiger charge is -2.14. The number of hydrogen-bond acceptors (Lipinski definition) is 4. The van der Waals surface area contributed by atoms with Crippen molar-refractivity contribution in [3.05, 3.63) is 34.2 Å². The van der Waals surface area contributed by atoms with Gasteiger partial charge in [0.15, 0.2) is 11.9 Å². The van der Waals surface area contributed by atoms with Crippen LogP contribution in [-0.2, 0) is 22.1 Å². The molecule has 2 aromatic heterocycles. The Morgan fingerprint density at radius 3 is 2.56 bits per heavy atom. The molecule has 2 rings (SSSR count). The molecule has 0 fully saturated rings. The van der Waals surface area contributed by atoms with Crippen LogP contribution < -0.4 is 5.32 Å². The van der Waals surface area contributed by atoms with Gasteiger partial charge in [-0.1, -0.05) is 18.5 Å². The highest BCUT2D eigenvalue weighted by Gasteiger charge is 2.33. The van der Waals surface area contributed by atoms with E-state index in [4.69, 9.17) is 21.1 Å². The van der Waals surface area contributed by atoms with E-state index in [1.54, 1.807) is 6.92 Å². The molecule has 0 atom stereocenters. The zero-order valence-electron chi connectivity index (χ0n) is 13.8. The summed E-state index contributed by atoms with van der Waals surface area (Å²) in [6, 6.07) is 0.789. The van der Waals surface area contributed by atoms with Gasteiger partial charge in [0.05, 0.1) is 22.8 Å². The number of carbonyl (C=O) groups excluding carboxylic acids is 1. The first-order valence-corrected chi connectivity index (χ1v) is 7.72. The van der Waals surface area contributed by atoms with Crippen LogP contribution in [0.3, 0.4) is 0 Å². The van der Waals surface area contributed by atoms with Crippen molar-refractivity contribution in [1.82, 2.24) is 14.7 Å². The van der Waals surface area contributed by atoms with Crippen molar-refractivity contribution in [2.75, 3.05) is 20.8 Å². The van der Waals surface area contributed by atoms with E-state index in [0.717, 1.165) is 16.7 Å². The SMILES string of the molecule is CCc1nc2c(Cl)cc(C(F)(F)F)cn2c1C(=O)NCC(OC)OC. The van der Waals surface area contributed by atoms with Crippen LogP contribution in [0.5, 0.6) is 0 Å². The topological polar surface area (TPSA) is 64.9 Å². The van der Waals surface area contributed by atoms with Gasteiger partial charge in [-0.25, -0.2) is 4.98 Å². The number of amides is 1. The number of fused-ring (bicyclic) bond motifs is 1. The van der Waals surface area contributed by atoms with E-state index in [9.17, 15) is 18.0 Å². The molecule has 0 saturated carbocycles.